The zero-order chi connectivity index (χ0) is 20.9. The number of carbonyl (C=O) groups excluding carboxylic acids is 1. The van der Waals surface area contributed by atoms with E-state index in [1.54, 1.807) is 12.1 Å². The number of nitrogens with zero attached hydrogens (tertiary/aromatic N) is 4. The molecule has 0 saturated carbocycles. The summed E-state index contributed by atoms with van der Waals surface area (Å²) in [5.74, 6) is -1.37. The number of amides is 1. The maximum absolute atomic E-state index is 13.1. The topological polar surface area (TPSA) is 104 Å². The van der Waals surface area contributed by atoms with Crippen molar-refractivity contribution in [2.45, 2.75) is 13.1 Å². The summed E-state index contributed by atoms with van der Waals surface area (Å²) in [7, 11) is -2.24. The average molecular weight is 416 g/mol. The summed E-state index contributed by atoms with van der Waals surface area (Å²) in [4.78, 5) is 22.2. The first-order valence-electron chi connectivity index (χ1n) is 8.64. The summed E-state index contributed by atoms with van der Waals surface area (Å²) >= 11 is 0. The van der Waals surface area contributed by atoms with Gasteiger partial charge in [0, 0.05) is 43.5 Å². The van der Waals surface area contributed by atoms with E-state index in [9.17, 15) is 22.7 Å². The zero-order valence-corrected chi connectivity index (χ0v) is 16.4. The lowest BCUT2D eigenvalue weighted by Crippen LogP contribution is -2.26. The van der Waals surface area contributed by atoms with Gasteiger partial charge in [0.05, 0.1) is 17.5 Å². The van der Waals surface area contributed by atoms with Gasteiger partial charge in [0.25, 0.3) is 5.91 Å². The van der Waals surface area contributed by atoms with Crippen molar-refractivity contribution >= 4 is 32.5 Å². The third-order valence-corrected chi connectivity index (χ3v) is 6.11. The standard InChI is InChI=1S/C19H17FN4O4S/c1-23(29(2,27)28)17-12-4-3-7-21-16(12)18(25)15-13(17)10-24(19(15)26)9-11-5-6-14(20)22-8-11/h3-8,25H,9-10H2,1-2H3. The first-order valence-corrected chi connectivity index (χ1v) is 10.5. The van der Waals surface area contributed by atoms with Crippen LogP contribution in [0.1, 0.15) is 21.5 Å². The Hall–Kier alpha value is -3.27. The van der Waals surface area contributed by atoms with Gasteiger partial charge in [-0.15, -0.1) is 0 Å². The van der Waals surface area contributed by atoms with Crippen molar-refractivity contribution < 1.29 is 22.7 Å². The van der Waals surface area contributed by atoms with Crippen LogP contribution in [0.5, 0.6) is 5.75 Å². The number of sulfonamides is 1. The van der Waals surface area contributed by atoms with Crippen LogP contribution in [-0.2, 0) is 23.1 Å². The summed E-state index contributed by atoms with van der Waals surface area (Å²) < 4.78 is 38.6. The molecule has 1 aromatic carbocycles. The molecule has 0 aliphatic carbocycles. The lowest BCUT2D eigenvalue weighted by atomic mass is 10.0. The van der Waals surface area contributed by atoms with Crippen molar-refractivity contribution in [2.24, 2.45) is 0 Å². The molecule has 0 spiro atoms. The van der Waals surface area contributed by atoms with Gasteiger partial charge < -0.3 is 10.0 Å². The summed E-state index contributed by atoms with van der Waals surface area (Å²) in [6.45, 7) is 0.213. The Morgan fingerprint density at radius 1 is 1.28 bits per heavy atom. The Morgan fingerprint density at radius 2 is 2.03 bits per heavy atom. The molecule has 0 saturated heterocycles. The minimum atomic E-state index is -3.64. The zero-order valence-electron chi connectivity index (χ0n) is 15.6. The third kappa shape index (κ3) is 3.15. The molecule has 1 amide bonds. The van der Waals surface area contributed by atoms with E-state index in [1.165, 1.54) is 36.5 Å². The molecule has 0 fully saturated rings. The van der Waals surface area contributed by atoms with Gasteiger partial charge in [0.1, 0.15) is 5.52 Å². The molecule has 0 unspecified atom stereocenters. The van der Waals surface area contributed by atoms with Crippen molar-refractivity contribution in [3.63, 3.8) is 0 Å². The summed E-state index contributed by atoms with van der Waals surface area (Å²) in [6.07, 6.45) is 3.85. The Bertz CT molecular complexity index is 1250. The lowest BCUT2D eigenvalue weighted by Gasteiger charge is -2.22. The molecule has 150 valence electrons. The first-order chi connectivity index (χ1) is 13.7. The van der Waals surface area contributed by atoms with Crippen LogP contribution >= 0.6 is 0 Å². The molecule has 0 atom stereocenters. The smallest absolute Gasteiger partial charge is 0.258 e. The molecule has 0 radical (unpaired) electrons. The van der Waals surface area contributed by atoms with E-state index in [-0.39, 0.29) is 29.9 Å². The number of fused-ring (bicyclic) bond motifs is 2. The first kappa shape index (κ1) is 19.1. The third-order valence-electron chi connectivity index (χ3n) is 4.94. The minimum Gasteiger partial charge on any atom is -0.505 e. The fraction of sp³-hybridized carbons (Fsp3) is 0.211. The van der Waals surface area contributed by atoms with Crippen LogP contribution in [0.4, 0.5) is 10.1 Å². The van der Waals surface area contributed by atoms with Crippen molar-refractivity contribution in [1.82, 2.24) is 14.9 Å². The molecule has 1 aliphatic heterocycles. The van der Waals surface area contributed by atoms with E-state index in [1.807, 2.05) is 0 Å². The highest BCUT2D eigenvalue weighted by atomic mass is 32.2. The second kappa shape index (κ2) is 6.66. The number of rotatable bonds is 4. The number of anilines is 1. The molecule has 3 aromatic rings. The highest BCUT2D eigenvalue weighted by molar-refractivity contribution is 7.92. The molecule has 29 heavy (non-hydrogen) atoms. The maximum Gasteiger partial charge on any atom is 0.258 e. The van der Waals surface area contributed by atoms with Crippen molar-refractivity contribution in [3.8, 4) is 5.75 Å². The van der Waals surface area contributed by atoms with Gasteiger partial charge >= 0.3 is 0 Å². The second-order valence-electron chi connectivity index (χ2n) is 6.83. The predicted molar refractivity (Wildman–Crippen MR) is 104 cm³/mol. The van der Waals surface area contributed by atoms with E-state index in [0.29, 0.717) is 22.2 Å². The number of aromatic hydroxyl groups is 1. The summed E-state index contributed by atoms with van der Waals surface area (Å²) in [6, 6.07) is 5.99. The largest absolute Gasteiger partial charge is 0.505 e. The molecule has 10 heteroatoms. The molecule has 1 aliphatic rings. The Kier molecular flexibility index (Phi) is 4.38. The van der Waals surface area contributed by atoms with Crippen LogP contribution in [0.3, 0.4) is 0 Å². The van der Waals surface area contributed by atoms with Crippen molar-refractivity contribution in [3.05, 3.63) is 59.3 Å². The predicted octanol–water partition coefficient (Wildman–Crippen LogP) is 2.03. The Labute approximate surface area is 166 Å². The molecule has 8 nitrogen and oxygen atoms in total. The molecule has 4 rings (SSSR count). The van der Waals surface area contributed by atoms with E-state index in [0.717, 1.165) is 10.6 Å². The SMILES string of the molecule is CN(c1c2c(c(O)c3ncccc13)C(=O)N(Cc1ccc(F)nc1)C2)S(C)(=O)=O. The number of carbonyl (C=O) groups is 1. The molecule has 1 N–H and O–H groups in total. The molecular formula is C19H17FN4O4S. The lowest BCUT2D eigenvalue weighted by molar-refractivity contribution is 0.0764. The minimum absolute atomic E-state index is 0.0248. The second-order valence-corrected chi connectivity index (χ2v) is 8.84. The van der Waals surface area contributed by atoms with Gasteiger partial charge in [0.15, 0.2) is 5.75 Å². The van der Waals surface area contributed by atoms with E-state index in [2.05, 4.69) is 9.97 Å². The van der Waals surface area contributed by atoms with E-state index < -0.39 is 21.9 Å². The number of phenols is 1. The summed E-state index contributed by atoms with van der Waals surface area (Å²) in [5.41, 5.74) is 1.48. The highest BCUT2D eigenvalue weighted by Gasteiger charge is 2.37. The number of aromatic nitrogens is 2. The van der Waals surface area contributed by atoms with Crippen molar-refractivity contribution in [2.75, 3.05) is 17.6 Å². The monoisotopic (exact) mass is 416 g/mol. The van der Waals surface area contributed by atoms with Crippen LogP contribution < -0.4 is 4.31 Å². The number of hydrogen-bond acceptors (Lipinski definition) is 6. The van der Waals surface area contributed by atoms with Crippen LogP contribution in [-0.4, -0.2) is 47.6 Å². The Balaban J connectivity index is 1.88. The van der Waals surface area contributed by atoms with Crippen molar-refractivity contribution in [1.29, 1.82) is 0 Å². The molecule has 3 heterocycles. The number of pyridine rings is 2. The number of benzene rings is 1. The molecule has 0 bridgehead atoms. The number of hydrogen-bond donors (Lipinski definition) is 1. The normalized spacial score (nSPS) is 13.8. The van der Waals surface area contributed by atoms with E-state index >= 15 is 0 Å². The average Bonchev–Trinajstić information content (AvgIpc) is 2.99. The quantitative estimate of drug-likeness (QED) is 0.653. The van der Waals surface area contributed by atoms with Crippen LogP contribution in [0.25, 0.3) is 10.9 Å². The van der Waals surface area contributed by atoms with Gasteiger partial charge in [-0.3, -0.25) is 14.1 Å². The van der Waals surface area contributed by atoms with Gasteiger partial charge in [-0.05, 0) is 23.8 Å². The fourth-order valence-electron chi connectivity index (χ4n) is 3.51. The summed E-state index contributed by atoms with van der Waals surface area (Å²) in [5, 5.41) is 11.2. The van der Waals surface area contributed by atoms with E-state index in [4.69, 9.17) is 0 Å². The van der Waals surface area contributed by atoms with Gasteiger partial charge in [-0.2, -0.15) is 4.39 Å². The van der Waals surface area contributed by atoms with Gasteiger partial charge in [-0.1, -0.05) is 6.07 Å². The van der Waals surface area contributed by atoms with Crippen LogP contribution in [0.15, 0.2) is 36.7 Å². The molecule has 2 aromatic heterocycles. The number of halogens is 1. The van der Waals surface area contributed by atoms with Crippen LogP contribution in [0.2, 0.25) is 0 Å². The highest BCUT2D eigenvalue weighted by Crippen LogP contribution is 2.44. The van der Waals surface area contributed by atoms with Crippen LogP contribution in [0, 0.1) is 5.95 Å². The number of phenolic OH excluding ortho intramolecular Hbond substituents is 1. The Morgan fingerprint density at radius 3 is 2.69 bits per heavy atom. The molecular weight excluding hydrogens is 399 g/mol. The fourth-order valence-corrected chi connectivity index (χ4v) is 4.05. The maximum atomic E-state index is 13.1. The van der Waals surface area contributed by atoms with Gasteiger partial charge in [-0.25, -0.2) is 13.4 Å². The van der Waals surface area contributed by atoms with Gasteiger partial charge in [0.2, 0.25) is 16.0 Å².